The van der Waals surface area contributed by atoms with E-state index in [-0.39, 0.29) is 12.1 Å². The molecule has 0 radical (unpaired) electrons. The summed E-state index contributed by atoms with van der Waals surface area (Å²) >= 11 is 0. The van der Waals surface area contributed by atoms with Crippen LogP contribution in [0.3, 0.4) is 0 Å². The standard InChI is InChI=1S/C18H35N3O2/c1-5-14-7-6-8-15(11-14)21-10-9-20(13-16(21)12-19)17(22)23-18(2,3)4/h14-16H,5-13,19H2,1-4H3. The van der Waals surface area contributed by atoms with Gasteiger partial charge in [0.05, 0.1) is 0 Å². The molecule has 1 aliphatic carbocycles. The predicted molar refractivity (Wildman–Crippen MR) is 93.4 cm³/mol. The highest BCUT2D eigenvalue weighted by atomic mass is 16.6. The molecule has 1 saturated carbocycles. The molecule has 1 heterocycles. The second-order valence-electron chi connectivity index (χ2n) is 8.15. The molecule has 3 unspecified atom stereocenters. The smallest absolute Gasteiger partial charge is 0.410 e. The lowest BCUT2D eigenvalue weighted by Gasteiger charge is -2.47. The molecule has 2 rings (SSSR count). The number of hydrogen-bond donors (Lipinski definition) is 1. The lowest BCUT2D eigenvalue weighted by molar-refractivity contribution is -0.0103. The van der Waals surface area contributed by atoms with E-state index in [2.05, 4.69) is 11.8 Å². The van der Waals surface area contributed by atoms with Gasteiger partial charge in [-0.3, -0.25) is 4.90 Å². The van der Waals surface area contributed by atoms with Crippen molar-refractivity contribution in [3.63, 3.8) is 0 Å². The second-order valence-corrected chi connectivity index (χ2v) is 8.15. The highest BCUT2D eigenvalue weighted by Crippen LogP contribution is 2.31. The number of carbonyl (C=O) groups is 1. The van der Waals surface area contributed by atoms with Gasteiger partial charge in [-0.2, -0.15) is 0 Å². The third-order valence-electron chi connectivity index (χ3n) is 5.25. The zero-order valence-electron chi connectivity index (χ0n) is 15.4. The van der Waals surface area contributed by atoms with Gasteiger partial charge in [0, 0.05) is 38.3 Å². The molecule has 0 aromatic heterocycles. The Kier molecular flexibility index (Phi) is 6.32. The van der Waals surface area contributed by atoms with Crippen LogP contribution in [0.1, 0.15) is 59.8 Å². The monoisotopic (exact) mass is 325 g/mol. The first-order valence-electron chi connectivity index (χ1n) is 9.27. The Balaban J connectivity index is 1.95. The Labute approximate surface area is 141 Å². The molecular formula is C18H35N3O2. The van der Waals surface area contributed by atoms with Crippen molar-refractivity contribution < 1.29 is 9.53 Å². The van der Waals surface area contributed by atoms with Gasteiger partial charge in [0.1, 0.15) is 5.60 Å². The largest absolute Gasteiger partial charge is 0.444 e. The molecule has 23 heavy (non-hydrogen) atoms. The molecular weight excluding hydrogens is 290 g/mol. The molecule has 5 nitrogen and oxygen atoms in total. The number of nitrogens with zero attached hydrogens (tertiary/aromatic N) is 2. The Bertz CT molecular complexity index is 394. The average Bonchev–Trinajstić information content (AvgIpc) is 2.52. The molecule has 5 heteroatoms. The summed E-state index contributed by atoms with van der Waals surface area (Å²) in [4.78, 5) is 16.7. The van der Waals surface area contributed by atoms with Crippen LogP contribution < -0.4 is 5.73 Å². The normalized spacial score (nSPS) is 30.3. The van der Waals surface area contributed by atoms with Crippen molar-refractivity contribution in [1.29, 1.82) is 0 Å². The van der Waals surface area contributed by atoms with Crippen molar-refractivity contribution in [2.24, 2.45) is 11.7 Å². The molecule has 3 atom stereocenters. The van der Waals surface area contributed by atoms with E-state index >= 15 is 0 Å². The maximum atomic E-state index is 12.3. The van der Waals surface area contributed by atoms with E-state index in [4.69, 9.17) is 10.5 Å². The van der Waals surface area contributed by atoms with E-state index in [1.54, 1.807) is 0 Å². The number of nitrogens with two attached hydrogens (primary N) is 1. The topological polar surface area (TPSA) is 58.8 Å². The Morgan fingerprint density at radius 1 is 1.26 bits per heavy atom. The number of ether oxygens (including phenoxy) is 1. The fraction of sp³-hybridized carbons (Fsp3) is 0.944. The first-order valence-corrected chi connectivity index (χ1v) is 9.27. The first kappa shape index (κ1) is 18.5. The van der Waals surface area contributed by atoms with Crippen LogP contribution in [-0.2, 0) is 4.74 Å². The van der Waals surface area contributed by atoms with Gasteiger partial charge in [-0.05, 0) is 39.5 Å². The van der Waals surface area contributed by atoms with Crippen LogP contribution in [0.4, 0.5) is 4.79 Å². The van der Waals surface area contributed by atoms with Crippen molar-refractivity contribution in [2.45, 2.75) is 77.5 Å². The van der Waals surface area contributed by atoms with Gasteiger partial charge in [0.25, 0.3) is 0 Å². The van der Waals surface area contributed by atoms with E-state index < -0.39 is 5.60 Å². The quantitative estimate of drug-likeness (QED) is 0.867. The number of piperazine rings is 1. The lowest BCUT2D eigenvalue weighted by Crippen LogP contribution is -2.61. The predicted octanol–water partition coefficient (Wildman–Crippen LogP) is 2.84. The molecule has 2 aliphatic rings. The highest BCUT2D eigenvalue weighted by Gasteiger charge is 2.36. The fourth-order valence-corrected chi connectivity index (χ4v) is 3.99. The van der Waals surface area contributed by atoms with Gasteiger partial charge in [-0.25, -0.2) is 4.79 Å². The van der Waals surface area contributed by atoms with Gasteiger partial charge in [0.2, 0.25) is 0 Å². The average molecular weight is 325 g/mol. The summed E-state index contributed by atoms with van der Waals surface area (Å²) in [6.07, 6.45) is 6.34. The van der Waals surface area contributed by atoms with Crippen molar-refractivity contribution in [1.82, 2.24) is 9.80 Å². The van der Waals surface area contributed by atoms with Crippen LogP contribution in [-0.4, -0.2) is 59.8 Å². The molecule has 1 saturated heterocycles. The number of rotatable bonds is 3. The molecule has 2 N–H and O–H groups in total. The van der Waals surface area contributed by atoms with E-state index in [1.165, 1.54) is 32.1 Å². The first-order chi connectivity index (χ1) is 10.8. The SMILES string of the molecule is CCC1CCCC(N2CCN(C(=O)OC(C)(C)C)CC2CN)C1. The molecule has 0 bridgehead atoms. The third-order valence-corrected chi connectivity index (χ3v) is 5.25. The summed E-state index contributed by atoms with van der Waals surface area (Å²) in [6, 6.07) is 0.903. The van der Waals surface area contributed by atoms with Gasteiger partial charge >= 0.3 is 6.09 Å². The van der Waals surface area contributed by atoms with Gasteiger partial charge < -0.3 is 15.4 Å². The van der Waals surface area contributed by atoms with E-state index in [0.717, 1.165) is 19.0 Å². The molecule has 2 fully saturated rings. The van der Waals surface area contributed by atoms with Crippen LogP contribution >= 0.6 is 0 Å². The number of amides is 1. The molecule has 0 aromatic carbocycles. The summed E-state index contributed by atoms with van der Waals surface area (Å²) < 4.78 is 5.51. The van der Waals surface area contributed by atoms with Gasteiger partial charge in [0.15, 0.2) is 0 Å². The van der Waals surface area contributed by atoms with Crippen molar-refractivity contribution >= 4 is 6.09 Å². The van der Waals surface area contributed by atoms with Crippen LogP contribution in [0.5, 0.6) is 0 Å². The molecule has 1 amide bonds. The lowest BCUT2D eigenvalue weighted by atomic mass is 9.82. The second kappa shape index (κ2) is 7.84. The summed E-state index contributed by atoms with van der Waals surface area (Å²) in [7, 11) is 0. The van der Waals surface area contributed by atoms with Crippen molar-refractivity contribution in [3.05, 3.63) is 0 Å². The van der Waals surface area contributed by atoms with Crippen LogP contribution in [0.25, 0.3) is 0 Å². The van der Waals surface area contributed by atoms with Gasteiger partial charge in [-0.15, -0.1) is 0 Å². The maximum absolute atomic E-state index is 12.3. The highest BCUT2D eigenvalue weighted by molar-refractivity contribution is 5.68. The third kappa shape index (κ3) is 5.08. The minimum absolute atomic E-state index is 0.203. The summed E-state index contributed by atoms with van der Waals surface area (Å²) in [5.41, 5.74) is 5.60. The minimum Gasteiger partial charge on any atom is -0.444 e. The Morgan fingerprint density at radius 3 is 2.61 bits per heavy atom. The molecule has 134 valence electrons. The van der Waals surface area contributed by atoms with Gasteiger partial charge in [-0.1, -0.05) is 26.2 Å². The van der Waals surface area contributed by atoms with Crippen molar-refractivity contribution in [2.75, 3.05) is 26.2 Å². The fourth-order valence-electron chi connectivity index (χ4n) is 3.99. The van der Waals surface area contributed by atoms with Crippen LogP contribution in [0, 0.1) is 5.92 Å². The van der Waals surface area contributed by atoms with Crippen molar-refractivity contribution in [3.8, 4) is 0 Å². The summed E-state index contributed by atoms with van der Waals surface area (Å²) in [6.45, 7) is 11.0. The molecule has 0 aromatic rings. The summed E-state index contributed by atoms with van der Waals surface area (Å²) in [5.74, 6) is 0.857. The number of hydrogen-bond acceptors (Lipinski definition) is 4. The zero-order valence-corrected chi connectivity index (χ0v) is 15.4. The molecule has 1 aliphatic heterocycles. The maximum Gasteiger partial charge on any atom is 0.410 e. The van der Waals surface area contributed by atoms with Crippen LogP contribution in [0.15, 0.2) is 0 Å². The Hall–Kier alpha value is -0.810. The molecule has 0 spiro atoms. The Morgan fingerprint density at radius 2 is 2.00 bits per heavy atom. The van der Waals surface area contributed by atoms with E-state index in [0.29, 0.717) is 19.1 Å². The van der Waals surface area contributed by atoms with E-state index in [9.17, 15) is 4.79 Å². The van der Waals surface area contributed by atoms with Crippen LogP contribution in [0.2, 0.25) is 0 Å². The van der Waals surface area contributed by atoms with E-state index in [1.807, 2.05) is 25.7 Å². The minimum atomic E-state index is -0.440. The zero-order chi connectivity index (χ0) is 17.0. The number of carbonyl (C=O) groups excluding carboxylic acids is 1. The summed E-state index contributed by atoms with van der Waals surface area (Å²) in [5, 5.41) is 0.